The van der Waals surface area contributed by atoms with Crippen molar-refractivity contribution in [2.45, 2.75) is 39.2 Å². The fraction of sp³-hybridized carbons (Fsp3) is 0.450. The number of benzene rings is 1. The second kappa shape index (κ2) is 8.81. The van der Waals surface area contributed by atoms with Crippen LogP contribution in [0.4, 0.5) is 5.69 Å². The number of fused-ring (bicyclic) bond motifs is 1. The smallest absolute Gasteiger partial charge is 0.287 e. The summed E-state index contributed by atoms with van der Waals surface area (Å²) in [6.45, 7) is 3.81. The Morgan fingerprint density at radius 3 is 2.70 bits per heavy atom. The lowest BCUT2D eigenvalue weighted by Crippen LogP contribution is -2.29. The highest BCUT2D eigenvalue weighted by molar-refractivity contribution is 6.05. The molecule has 1 aromatic heterocycles. The van der Waals surface area contributed by atoms with Crippen LogP contribution in [0.1, 0.15) is 51.6 Å². The number of rotatable bonds is 7. The molecule has 0 bridgehead atoms. The van der Waals surface area contributed by atoms with Crippen LogP contribution in [0, 0.1) is 6.92 Å². The second-order valence-corrected chi connectivity index (χ2v) is 6.76. The van der Waals surface area contributed by atoms with Crippen LogP contribution < -0.4 is 10.6 Å². The fourth-order valence-corrected chi connectivity index (χ4v) is 3.22. The van der Waals surface area contributed by atoms with Crippen molar-refractivity contribution in [3.8, 4) is 0 Å². The first-order valence-corrected chi connectivity index (χ1v) is 9.34. The molecule has 1 aliphatic rings. The molecule has 0 atom stereocenters. The van der Waals surface area contributed by atoms with Crippen molar-refractivity contribution < 1.29 is 14.3 Å². The lowest BCUT2D eigenvalue weighted by molar-refractivity contribution is 0.0932. The van der Waals surface area contributed by atoms with Crippen LogP contribution >= 0.6 is 0 Å². The molecule has 0 fully saturated rings. The SMILES string of the molecule is COCCCNC(=O)c1nc(C(=O)Nc2ccc(C)cc2)c2n1CCCC2. The molecule has 2 N–H and O–H groups in total. The molecule has 1 aromatic carbocycles. The Labute approximate surface area is 159 Å². The molecule has 2 heterocycles. The van der Waals surface area contributed by atoms with Crippen molar-refractivity contribution in [2.75, 3.05) is 25.6 Å². The van der Waals surface area contributed by atoms with Gasteiger partial charge in [0.25, 0.3) is 11.8 Å². The Hall–Kier alpha value is -2.67. The zero-order valence-electron chi connectivity index (χ0n) is 15.9. The van der Waals surface area contributed by atoms with Gasteiger partial charge in [-0.3, -0.25) is 9.59 Å². The van der Waals surface area contributed by atoms with Gasteiger partial charge in [0.1, 0.15) is 0 Å². The third kappa shape index (κ3) is 4.54. The highest BCUT2D eigenvalue weighted by Gasteiger charge is 2.27. The standard InChI is InChI=1S/C20H26N4O3/c1-14-7-9-15(10-8-14)22-19(25)17-16-6-3-4-12-24(16)18(23-17)20(26)21-11-5-13-27-2/h7-10H,3-6,11-13H2,1-2H3,(H,21,26)(H,22,25). The number of carbonyl (C=O) groups excluding carboxylic acids is 2. The molecular formula is C20H26N4O3. The first-order chi connectivity index (χ1) is 13.1. The maximum absolute atomic E-state index is 12.8. The van der Waals surface area contributed by atoms with Gasteiger partial charge in [-0.1, -0.05) is 17.7 Å². The lowest BCUT2D eigenvalue weighted by Gasteiger charge is -2.17. The minimum atomic E-state index is -0.275. The van der Waals surface area contributed by atoms with Gasteiger partial charge < -0.3 is 19.9 Å². The van der Waals surface area contributed by atoms with E-state index in [9.17, 15) is 9.59 Å². The normalized spacial score (nSPS) is 13.1. The highest BCUT2D eigenvalue weighted by atomic mass is 16.5. The van der Waals surface area contributed by atoms with Crippen LogP contribution in [-0.2, 0) is 17.7 Å². The maximum atomic E-state index is 12.8. The van der Waals surface area contributed by atoms with Crippen LogP contribution in [0.5, 0.6) is 0 Å². The molecule has 7 nitrogen and oxygen atoms in total. The summed E-state index contributed by atoms with van der Waals surface area (Å²) in [6.07, 6.45) is 3.45. The molecule has 144 valence electrons. The van der Waals surface area contributed by atoms with Crippen molar-refractivity contribution in [3.05, 3.63) is 47.0 Å². The van der Waals surface area contributed by atoms with E-state index in [-0.39, 0.29) is 11.8 Å². The number of hydrogen-bond acceptors (Lipinski definition) is 4. The largest absolute Gasteiger partial charge is 0.385 e. The number of methoxy groups -OCH3 is 1. The Balaban J connectivity index is 1.78. The third-order valence-corrected chi connectivity index (χ3v) is 4.66. The van der Waals surface area contributed by atoms with Crippen LogP contribution in [-0.4, -0.2) is 41.6 Å². The molecule has 1 aliphatic heterocycles. The van der Waals surface area contributed by atoms with Crippen molar-refractivity contribution >= 4 is 17.5 Å². The van der Waals surface area contributed by atoms with Crippen LogP contribution in [0.25, 0.3) is 0 Å². The number of imidazole rings is 1. The molecule has 0 spiro atoms. The number of nitrogens with one attached hydrogen (secondary N) is 2. The zero-order chi connectivity index (χ0) is 19.2. The number of aryl methyl sites for hydroxylation is 1. The van der Waals surface area contributed by atoms with Crippen molar-refractivity contribution in [3.63, 3.8) is 0 Å². The van der Waals surface area contributed by atoms with E-state index in [1.807, 2.05) is 35.8 Å². The Morgan fingerprint density at radius 1 is 1.19 bits per heavy atom. The van der Waals surface area contributed by atoms with Crippen LogP contribution in [0.15, 0.2) is 24.3 Å². The van der Waals surface area contributed by atoms with E-state index in [1.54, 1.807) is 7.11 Å². The first kappa shape index (κ1) is 19.1. The predicted molar refractivity (Wildman–Crippen MR) is 103 cm³/mol. The summed E-state index contributed by atoms with van der Waals surface area (Å²) in [6, 6.07) is 7.60. The molecule has 0 saturated carbocycles. The summed E-state index contributed by atoms with van der Waals surface area (Å²) in [5, 5.41) is 5.74. The lowest BCUT2D eigenvalue weighted by atomic mass is 10.1. The quantitative estimate of drug-likeness (QED) is 0.734. The average molecular weight is 370 g/mol. The van der Waals surface area contributed by atoms with E-state index in [0.717, 1.165) is 36.9 Å². The molecule has 7 heteroatoms. The van der Waals surface area contributed by atoms with Gasteiger partial charge in [-0.25, -0.2) is 4.98 Å². The number of anilines is 1. The maximum Gasteiger partial charge on any atom is 0.287 e. The van der Waals surface area contributed by atoms with E-state index in [4.69, 9.17) is 4.74 Å². The van der Waals surface area contributed by atoms with E-state index in [0.29, 0.717) is 36.9 Å². The van der Waals surface area contributed by atoms with E-state index in [2.05, 4.69) is 15.6 Å². The number of aromatic nitrogens is 2. The fourth-order valence-electron chi connectivity index (χ4n) is 3.22. The molecule has 0 radical (unpaired) electrons. The van der Waals surface area contributed by atoms with Gasteiger partial charge in [0, 0.05) is 32.5 Å². The van der Waals surface area contributed by atoms with Gasteiger partial charge in [-0.2, -0.15) is 0 Å². The Morgan fingerprint density at radius 2 is 1.96 bits per heavy atom. The van der Waals surface area contributed by atoms with Crippen molar-refractivity contribution in [1.82, 2.24) is 14.9 Å². The zero-order valence-corrected chi connectivity index (χ0v) is 15.9. The molecular weight excluding hydrogens is 344 g/mol. The first-order valence-electron chi connectivity index (χ1n) is 9.34. The summed E-state index contributed by atoms with van der Waals surface area (Å²) in [5.74, 6) is -0.206. The number of carbonyl (C=O) groups is 2. The number of ether oxygens (including phenoxy) is 1. The van der Waals surface area contributed by atoms with E-state index in [1.165, 1.54) is 0 Å². The molecule has 0 aliphatic carbocycles. The van der Waals surface area contributed by atoms with Gasteiger partial charge >= 0.3 is 0 Å². The molecule has 0 saturated heterocycles. The van der Waals surface area contributed by atoms with Crippen molar-refractivity contribution in [1.29, 1.82) is 0 Å². The van der Waals surface area contributed by atoms with E-state index < -0.39 is 0 Å². The summed E-state index contributed by atoms with van der Waals surface area (Å²) in [4.78, 5) is 29.7. The molecule has 27 heavy (non-hydrogen) atoms. The van der Waals surface area contributed by atoms with E-state index >= 15 is 0 Å². The molecule has 2 aromatic rings. The summed E-state index contributed by atoms with van der Waals surface area (Å²) in [5.41, 5.74) is 3.03. The van der Waals surface area contributed by atoms with Crippen molar-refractivity contribution in [2.24, 2.45) is 0 Å². The summed E-state index contributed by atoms with van der Waals surface area (Å²) in [7, 11) is 1.63. The topological polar surface area (TPSA) is 85.2 Å². The van der Waals surface area contributed by atoms with Gasteiger partial charge in [-0.05, 0) is 44.7 Å². The number of amides is 2. The minimum Gasteiger partial charge on any atom is -0.385 e. The molecule has 0 unspecified atom stereocenters. The predicted octanol–water partition coefficient (Wildman–Crippen LogP) is 2.55. The number of nitrogens with zero attached hydrogens (tertiary/aromatic N) is 2. The minimum absolute atomic E-state index is 0.247. The Kier molecular flexibility index (Phi) is 6.24. The number of hydrogen-bond donors (Lipinski definition) is 2. The van der Waals surface area contributed by atoms with Gasteiger partial charge in [0.05, 0.1) is 5.69 Å². The Bertz CT molecular complexity index is 811. The van der Waals surface area contributed by atoms with Gasteiger partial charge in [0.2, 0.25) is 0 Å². The summed E-state index contributed by atoms with van der Waals surface area (Å²) < 4.78 is 6.88. The molecule has 3 rings (SSSR count). The average Bonchev–Trinajstić information content (AvgIpc) is 3.07. The van der Waals surface area contributed by atoms with Gasteiger partial charge in [0.15, 0.2) is 11.5 Å². The van der Waals surface area contributed by atoms with Crippen LogP contribution in [0.3, 0.4) is 0 Å². The highest BCUT2D eigenvalue weighted by Crippen LogP contribution is 2.22. The third-order valence-electron chi connectivity index (χ3n) is 4.66. The van der Waals surface area contributed by atoms with Gasteiger partial charge in [-0.15, -0.1) is 0 Å². The summed E-state index contributed by atoms with van der Waals surface area (Å²) >= 11 is 0. The monoisotopic (exact) mass is 370 g/mol. The molecule has 2 amide bonds. The van der Waals surface area contributed by atoms with Crippen LogP contribution in [0.2, 0.25) is 0 Å². The second-order valence-electron chi connectivity index (χ2n) is 6.76.